The molecule has 6 aromatic carbocycles. The van der Waals surface area contributed by atoms with E-state index in [1.807, 2.05) is 19.9 Å². The van der Waals surface area contributed by atoms with Crippen LogP contribution in [0.15, 0.2) is 169 Å². The van der Waals surface area contributed by atoms with Gasteiger partial charge in [0.1, 0.15) is 6.17 Å². The maximum atomic E-state index is 6.07. The van der Waals surface area contributed by atoms with Gasteiger partial charge >= 0.3 is 0 Å². The first kappa shape index (κ1) is 34.1. The zero-order chi connectivity index (χ0) is 36.3. The number of rotatable bonds is 4. The van der Waals surface area contributed by atoms with Crippen LogP contribution in [0.5, 0.6) is 0 Å². The molecular weight excluding hydrogens is 645 g/mol. The number of anilines is 2. The highest BCUT2D eigenvalue weighted by Gasteiger charge is 2.38. The highest BCUT2D eigenvalue weighted by atomic mass is 15.2. The molecule has 2 N–H and O–H groups in total. The molecule has 0 spiro atoms. The number of aromatic nitrogens is 1. The van der Waals surface area contributed by atoms with Crippen molar-refractivity contribution in [2.45, 2.75) is 51.7 Å². The van der Waals surface area contributed by atoms with Crippen LogP contribution >= 0.6 is 0 Å². The third-order valence-corrected chi connectivity index (χ3v) is 10.6. The van der Waals surface area contributed by atoms with Crippen LogP contribution in [0.2, 0.25) is 0 Å². The Morgan fingerprint density at radius 3 is 1.96 bits per heavy atom. The number of benzene rings is 6. The van der Waals surface area contributed by atoms with Crippen LogP contribution in [0.3, 0.4) is 0 Å². The average Bonchev–Trinajstić information content (AvgIpc) is 3.91. The van der Waals surface area contributed by atoms with E-state index in [0.29, 0.717) is 12.0 Å². The van der Waals surface area contributed by atoms with Crippen molar-refractivity contribution in [3.63, 3.8) is 0 Å². The lowest BCUT2D eigenvalue weighted by Crippen LogP contribution is -2.29. The van der Waals surface area contributed by atoms with E-state index in [1.54, 1.807) is 6.21 Å². The lowest BCUT2D eigenvalue weighted by atomic mass is 9.85. The number of fused-ring (bicyclic) bond motifs is 6. The van der Waals surface area contributed by atoms with Gasteiger partial charge in [-0.15, -0.1) is 0 Å². The standard InChI is InChI=1S/C28H25N3.C19H15N.C2H6/c29-28-23(16-17-30-28)20-12-10-19(11-13-20)21-14-15-27-25(18-21)24-8-4-5-9-26(24)31(27)22-6-2-1-3-7-22;1-14-7-6-8-15(13-14)20-18-11-4-2-9-16(18)17-10-3-5-12-19(17)20;1-2/h1-3,5-7,9-18,24,26,28H,4,8,29H2;2-13H,1H3;1-2H3. The number of aryl methyl sites for hydroxylation is 1. The lowest BCUT2D eigenvalue weighted by Gasteiger charge is -2.30. The van der Waals surface area contributed by atoms with E-state index in [9.17, 15) is 0 Å². The second kappa shape index (κ2) is 14.9. The molecule has 1 aromatic heterocycles. The van der Waals surface area contributed by atoms with Gasteiger partial charge in [-0.05, 0) is 108 Å². The van der Waals surface area contributed by atoms with Gasteiger partial charge in [0.25, 0.3) is 0 Å². The number of para-hydroxylation sites is 3. The molecule has 0 bridgehead atoms. The first-order valence-electron chi connectivity index (χ1n) is 18.9. The Balaban J connectivity index is 0.000000157. The van der Waals surface area contributed by atoms with Gasteiger partial charge in [0.15, 0.2) is 0 Å². The van der Waals surface area contributed by atoms with Crippen LogP contribution in [-0.4, -0.2) is 23.0 Å². The summed E-state index contributed by atoms with van der Waals surface area (Å²) in [5.74, 6) is 0.540. The average molecular weight is 691 g/mol. The first-order chi connectivity index (χ1) is 26.1. The van der Waals surface area contributed by atoms with E-state index in [2.05, 4.69) is 179 Å². The molecule has 0 amide bonds. The Morgan fingerprint density at radius 1 is 0.642 bits per heavy atom. The van der Waals surface area contributed by atoms with Crippen LogP contribution < -0.4 is 10.6 Å². The molecule has 3 heterocycles. The summed E-state index contributed by atoms with van der Waals surface area (Å²) in [7, 11) is 0. The Hall–Kier alpha value is -5.97. The normalized spacial score (nSPS) is 18.2. The number of aliphatic imine (C=N–C) groups is 1. The van der Waals surface area contributed by atoms with Crippen molar-refractivity contribution in [3.05, 3.63) is 181 Å². The molecule has 0 radical (unpaired) electrons. The molecular formula is C49H46N4. The van der Waals surface area contributed by atoms with Crippen LogP contribution in [0.25, 0.3) is 44.2 Å². The lowest BCUT2D eigenvalue weighted by molar-refractivity contribution is 0.573. The summed E-state index contributed by atoms with van der Waals surface area (Å²) in [6.45, 7) is 6.14. The molecule has 0 saturated heterocycles. The second-order valence-corrected chi connectivity index (χ2v) is 13.7. The zero-order valence-electron chi connectivity index (χ0n) is 30.7. The van der Waals surface area contributed by atoms with Gasteiger partial charge in [0.2, 0.25) is 0 Å². The molecule has 3 aliphatic rings. The Bertz CT molecular complexity index is 2410. The summed E-state index contributed by atoms with van der Waals surface area (Å²) in [6, 6.07) is 52.7. The van der Waals surface area contributed by atoms with Crippen LogP contribution in [-0.2, 0) is 0 Å². The maximum Gasteiger partial charge on any atom is 0.123 e. The predicted molar refractivity (Wildman–Crippen MR) is 227 cm³/mol. The monoisotopic (exact) mass is 690 g/mol. The van der Waals surface area contributed by atoms with Gasteiger partial charge in [0.05, 0.1) is 17.1 Å². The molecule has 4 heteroatoms. The van der Waals surface area contributed by atoms with E-state index in [4.69, 9.17) is 5.73 Å². The molecule has 10 rings (SSSR count). The van der Waals surface area contributed by atoms with Crippen LogP contribution in [0, 0.1) is 6.92 Å². The van der Waals surface area contributed by atoms with Crippen molar-refractivity contribution < 1.29 is 0 Å². The smallest absolute Gasteiger partial charge is 0.123 e. The van der Waals surface area contributed by atoms with Crippen molar-refractivity contribution >= 4 is 45.0 Å². The summed E-state index contributed by atoms with van der Waals surface area (Å²) < 4.78 is 2.34. The van der Waals surface area contributed by atoms with Crippen LogP contribution in [0.1, 0.15) is 49.3 Å². The highest BCUT2D eigenvalue weighted by molar-refractivity contribution is 6.09. The van der Waals surface area contributed by atoms with E-state index < -0.39 is 0 Å². The second-order valence-electron chi connectivity index (χ2n) is 13.7. The molecule has 1 aliphatic carbocycles. The van der Waals surface area contributed by atoms with E-state index in [0.717, 1.165) is 17.6 Å². The van der Waals surface area contributed by atoms with Crippen molar-refractivity contribution in [3.8, 4) is 16.8 Å². The fourth-order valence-electron chi connectivity index (χ4n) is 8.22. The molecule has 7 aromatic rings. The number of nitrogens with two attached hydrogens (primary N) is 1. The molecule has 4 nitrogen and oxygen atoms in total. The number of allylic oxidation sites excluding steroid dienone is 2. The fraction of sp³-hybridized carbons (Fsp3) is 0.163. The quantitative estimate of drug-likeness (QED) is 0.187. The number of hydrogen-bond acceptors (Lipinski definition) is 3. The largest absolute Gasteiger partial charge is 0.334 e. The minimum atomic E-state index is -0.244. The van der Waals surface area contributed by atoms with E-state index in [1.165, 1.54) is 67.5 Å². The molecule has 3 atom stereocenters. The van der Waals surface area contributed by atoms with Crippen molar-refractivity contribution in [2.24, 2.45) is 10.7 Å². The molecule has 3 unspecified atom stereocenters. The maximum absolute atomic E-state index is 6.07. The third kappa shape index (κ3) is 6.41. The highest BCUT2D eigenvalue weighted by Crippen LogP contribution is 2.50. The van der Waals surface area contributed by atoms with Crippen molar-refractivity contribution in [2.75, 3.05) is 4.90 Å². The van der Waals surface area contributed by atoms with Crippen molar-refractivity contribution in [1.82, 2.24) is 4.57 Å². The zero-order valence-corrected chi connectivity index (χ0v) is 30.7. The predicted octanol–water partition coefficient (Wildman–Crippen LogP) is 12.2. The summed E-state index contributed by atoms with van der Waals surface area (Å²) in [6.07, 6.45) is 10.6. The number of hydrogen-bond donors (Lipinski definition) is 1. The van der Waals surface area contributed by atoms with Crippen LogP contribution in [0.4, 0.5) is 11.4 Å². The minimum Gasteiger partial charge on any atom is -0.334 e. The molecule has 262 valence electrons. The summed E-state index contributed by atoms with van der Waals surface area (Å²) in [5.41, 5.74) is 19.9. The third-order valence-electron chi connectivity index (χ3n) is 10.6. The minimum absolute atomic E-state index is 0.244. The summed E-state index contributed by atoms with van der Waals surface area (Å²) >= 11 is 0. The SMILES string of the molecule is CC.Cc1cccc(-n2c3ccccc3c3ccccc32)c1.NC1N=CC=C1c1ccc(-c2ccc3c(c2)C2CCC=CC2N3c2ccccc2)cc1. The Labute approximate surface area is 313 Å². The number of nitrogens with zero attached hydrogens (tertiary/aromatic N) is 3. The van der Waals surface area contributed by atoms with Gasteiger partial charge in [-0.2, -0.15) is 0 Å². The fourth-order valence-corrected chi connectivity index (χ4v) is 8.22. The molecule has 0 fully saturated rings. The topological polar surface area (TPSA) is 46.6 Å². The Kier molecular flexibility index (Phi) is 9.62. The molecule has 53 heavy (non-hydrogen) atoms. The van der Waals surface area contributed by atoms with Gasteiger partial charge in [-0.1, -0.05) is 123 Å². The summed E-state index contributed by atoms with van der Waals surface area (Å²) in [5, 5.41) is 2.62. The van der Waals surface area contributed by atoms with E-state index >= 15 is 0 Å². The molecule has 0 saturated carbocycles. The summed E-state index contributed by atoms with van der Waals surface area (Å²) in [4.78, 5) is 6.74. The van der Waals surface area contributed by atoms with Gasteiger partial charge < -0.3 is 15.2 Å². The van der Waals surface area contributed by atoms with Gasteiger partial charge in [0, 0.05) is 40.0 Å². The van der Waals surface area contributed by atoms with Gasteiger partial charge in [-0.3, -0.25) is 4.99 Å². The van der Waals surface area contributed by atoms with Gasteiger partial charge in [-0.25, -0.2) is 0 Å². The Morgan fingerprint density at radius 2 is 1.28 bits per heavy atom. The molecule has 2 aliphatic heterocycles. The van der Waals surface area contributed by atoms with E-state index in [-0.39, 0.29) is 6.17 Å². The van der Waals surface area contributed by atoms with Crippen molar-refractivity contribution in [1.29, 1.82) is 0 Å². The first-order valence-corrected chi connectivity index (χ1v) is 18.9.